The molecule has 2 fully saturated rings. The molecule has 5 amide bonds. The number of allylic oxidation sites excluding steroid dienone is 2. The lowest BCUT2D eigenvalue weighted by molar-refractivity contribution is -0.136. The second kappa shape index (κ2) is 25.9. The van der Waals surface area contributed by atoms with Gasteiger partial charge in [0.15, 0.2) is 0 Å². The van der Waals surface area contributed by atoms with E-state index in [1.165, 1.54) is 46.7 Å². The number of hydrogen-bond acceptors (Lipinski definition) is 15. The minimum atomic E-state index is -6.17. The Morgan fingerprint density at radius 1 is 0.890 bits per heavy atom. The second-order valence-corrected chi connectivity index (χ2v) is 26.8. The Kier molecular flexibility index (Phi) is 19.5. The summed E-state index contributed by atoms with van der Waals surface area (Å²) in [6.45, 7) is 16.4. The van der Waals surface area contributed by atoms with Crippen LogP contribution in [0.5, 0.6) is 0 Å². The number of imide groups is 2. The molecule has 1 unspecified atom stereocenters. The Labute approximate surface area is 482 Å². The van der Waals surface area contributed by atoms with Crippen molar-refractivity contribution in [1.29, 1.82) is 0 Å². The molecule has 0 saturated carbocycles. The van der Waals surface area contributed by atoms with Crippen LogP contribution in [0.2, 0.25) is 0 Å². The van der Waals surface area contributed by atoms with Crippen molar-refractivity contribution in [2.45, 2.75) is 111 Å². The van der Waals surface area contributed by atoms with E-state index >= 15 is 0 Å². The summed E-state index contributed by atoms with van der Waals surface area (Å²) in [6, 6.07) is 20.8. The summed E-state index contributed by atoms with van der Waals surface area (Å²) in [6.07, 6.45) is 6.07. The van der Waals surface area contributed by atoms with E-state index in [0.717, 1.165) is 92.4 Å². The van der Waals surface area contributed by atoms with E-state index in [1.807, 2.05) is 47.0 Å². The third-order valence-corrected chi connectivity index (χ3v) is 19.5. The van der Waals surface area contributed by atoms with Crippen LogP contribution in [-0.4, -0.2) is 144 Å². The summed E-state index contributed by atoms with van der Waals surface area (Å²) < 4.78 is 99.4. The molecule has 4 N–H and O–H groups in total. The quantitative estimate of drug-likeness (QED) is 0.0293. The van der Waals surface area contributed by atoms with Crippen molar-refractivity contribution in [3.05, 3.63) is 131 Å². The highest BCUT2D eigenvalue weighted by Gasteiger charge is 2.49. The number of sulfonamides is 1. The van der Waals surface area contributed by atoms with E-state index in [-0.39, 0.29) is 47.1 Å². The molecule has 0 bridgehead atoms. The summed E-state index contributed by atoms with van der Waals surface area (Å²) >= 11 is 1.38. The maximum atomic E-state index is 14.4. The van der Waals surface area contributed by atoms with Gasteiger partial charge in [0.2, 0.25) is 11.8 Å². The molecule has 3 heterocycles. The van der Waals surface area contributed by atoms with Gasteiger partial charge in [-0.05, 0) is 143 Å². The van der Waals surface area contributed by atoms with Gasteiger partial charge in [-0.3, -0.25) is 39.1 Å². The zero-order valence-electron chi connectivity index (χ0n) is 46.6. The number of nitrogens with one attached hydrogen (secondary N) is 4. The highest BCUT2D eigenvalue weighted by atomic mass is 32.2. The highest BCUT2D eigenvalue weighted by Crippen LogP contribution is 2.43. The zero-order valence-corrected chi connectivity index (χ0v) is 49.0. The van der Waals surface area contributed by atoms with Gasteiger partial charge in [-0.2, -0.15) is 13.2 Å². The molecule has 4 aromatic carbocycles. The van der Waals surface area contributed by atoms with Crippen molar-refractivity contribution in [2.24, 2.45) is 5.41 Å². The van der Waals surface area contributed by atoms with Gasteiger partial charge in [0.1, 0.15) is 10.9 Å². The lowest BCUT2D eigenvalue weighted by atomic mass is 9.72. The maximum Gasteiger partial charge on any atom is 0.501 e. The van der Waals surface area contributed by atoms with Crippen LogP contribution >= 0.6 is 11.8 Å². The molecule has 4 aliphatic rings. The number of sulfone groups is 1. The third kappa shape index (κ3) is 14.6. The van der Waals surface area contributed by atoms with Gasteiger partial charge in [-0.15, -0.1) is 11.8 Å². The number of anilines is 3. The van der Waals surface area contributed by atoms with E-state index in [4.69, 9.17) is 0 Å². The first-order chi connectivity index (χ1) is 38.9. The SMILES string of the molecule is C=C(CCC)C1=C(CN2CCN(c3ccc(C(=O)NS(=O)(=O)c4ccc(N[C@H](CCN(C)CCCNc5cccc6c5C(=O)N(C5CCC(=O)NC5=O)C6=O)CSc5ccccc5)c(S(=O)(=O)C(F)(F)F)c4)cc3)CC2)CCC(C)(C)C1. The Hall–Kier alpha value is -6.53. The van der Waals surface area contributed by atoms with Crippen molar-refractivity contribution in [2.75, 3.05) is 80.7 Å². The molecule has 440 valence electrons. The fourth-order valence-corrected chi connectivity index (χ4v) is 13.8. The lowest BCUT2D eigenvalue weighted by Crippen LogP contribution is -2.54. The van der Waals surface area contributed by atoms with Crippen LogP contribution in [0.25, 0.3) is 0 Å². The number of nitrogens with zero attached hydrogens (tertiary/aromatic N) is 4. The largest absolute Gasteiger partial charge is 0.501 e. The number of halogens is 3. The standard InChI is InChI=1S/C59H71F3N8O9S3/c1-6-12-39(2)47-36-58(3,4)27-25-41(47)37-68-31-33-69(34-32-68)43-19-17-40(18-20-43)54(72)66-82(78,79)45-21-22-48(51(35-45)81(76,77)59(60,61)62)64-42(38-80-44-13-8-7-9-14-44)26-30-67(5)29-11-28-63-49-16-10-15-46-53(49)57(75)70(56(46)74)50-23-24-52(71)65-55(50)73/h7-10,13-22,35,42,50,63-64H,2,6,11-12,23-34,36-38H2,1,3-5H3,(H,66,72)(H,65,71,73)/t42-,50?/m1/s1. The molecule has 0 aromatic heterocycles. The number of piperidine rings is 1. The molecule has 23 heteroatoms. The number of thioether (sulfide) groups is 1. The van der Waals surface area contributed by atoms with Gasteiger partial charge in [0, 0.05) is 79.3 Å². The molecule has 3 aliphatic heterocycles. The molecule has 17 nitrogen and oxygen atoms in total. The van der Waals surface area contributed by atoms with Crippen LogP contribution in [0.1, 0.15) is 110 Å². The van der Waals surface area contributed by atoms with Gasteiger partial charge >= 0.3 is 5.51 Å². The molecule has 4 aromatic rings. The van der Waals surface area contributed by atoms with Gasteiger partial charge in [0.25, 0.3) is 37.6 Å². The number of carbonyl (C=O) groups excluding carboxylic acids is 5. The molecule has 2 atom stereocenters. The average molecular weight is 1190 g/mol. The van der Waals surface area contributed by atoms with E-state index < -0.39 is 82.5 Å². The molecule has 0 spiro atoms. The number of hydrogen-bond donors (Lipinski definition) is 4. The summed E-state index contributed by atoms with van der Waals surface area (Å²) in [5.74, 6) is -3.28. The first kappa shape index (κ1) is 61.5. The van der Waals surface area contributed by atoms with Crippen molar-refractivity contribution in [3.63, 3.8) is 0 Å². The van der Waals surface area contributed by atoms with Crippen LogP contribution in [0.3, 0.4) is 0 Å². The molecule has 82 heavy (non-hydrogen) atoms. The van der Waals surface area contributed by atoms with Crippen molar-refractivity contribution >= 4 is 78.2 Å². The number of fused-ring (bicyclic) bond motifs is 1. The number of carbonyl (C=O) groups is 5. The zero-order chi connectivity index (χ0) is 59.1. The Morgan fingerprint density at radius 3 is 2.29 bits per heavy atom. The van der Waals surface area contributed by atoms with E-state index in [9.17, 15) is 54.0 Å². The maximum absolute atomic E-state index is 14.4. The fraction of sp³-hybridized carbons (Fsp3) is 0.441. The first-order valence-corrected chi connectivity index (χ1v) is 31.5. The number of benzene rings is 4. The summed E-state index contributed by atoms with van der Waals surface area (Å²) in [7, 11) is -9.27. The van der Waals surface area contributed by atoms with E-state index in [0.29, 0.717) is 37.8 Å². The van der Waals surface area contributed by atoms with Crippen LogP contribution in [0.4, 0.5) is 30.2 Å². The molecular formula is C59H71F3N8O9S3. The topological polar surface area (TPSA) is 215 Å². The summed E-state index contributed by atoms with van der Waals surface area (Å²) in [4.78, 5) is 70.8. The third-order valence-electron chi connectivity index (χ3n) is 15.4. The normalized spacial score (nSPS) is 18.4. The number of rotatable bonds is 24. The van der Waals surface area contributed by atoms with Gasteiger partial charge in [-0.1, -0.05) is 69.2 Å². The molecule has 2 saturated heterocycles. The number of piperazine rings is 1. The molecule has 0 radical (unpaired) electrons. The van der Waals surface area contributed by atoms with Gasteiger partial charge in [-0.25, -0.2) is 21.6 Å². The lowest BCUT2D eigenvalue weighted by Gasteiger charge is -2.39. The molecule has 8 rings (SSSR count). The van der Waals surface area contributed by atoms with Gasteiger partial charge < -0.3 is 20.4 Å². The van der Waals surface area contributed by atoms with E-state index in [1.54, 1.807) is 24.3 Å². The Balaban J connectivity index is 0.897. The van der Waals surface area contributed by atoms with Crippen LogP contribution < -0.4 is 25.6 Å². The van der Waals surface area contributed by atoms with Crippen molar-refractivity contribution in [1.82, 2.24) is 24.7 Å². The number of amides is 5. The predicted molar refractivity (Wildman–Crippen MR) is 311 cm³/mol. The minimum absolute atomic E-state index is 0.0136. The molecule has 1 aliphatic carbocycles. The van der Waals surface area contributed by atoms with Crippen LogP contribution in [0, 0.1) is 5.41 Å². The summed E-state index contributed by atoms with van der Waals surface area (Å²) in [5, 5.41) is 8.37. The minimum Gasteiger partial charge on any atom is -0.384 e. The van der Waals surface area contributed by atoms with E-state index in [2.05, 4.69) is 53.1 Å². The Morgan fingerprint density at radius 2 is 1.61 bits per heavy atom. The molecular weight excluding hydrogens is 1120 g/mol. The predicted octanol–water partition coefficient (Wildman–Crippen LogP) is 8.88. The second-order valence-electron chi connectivity index (χ2n) is 22.1. The van der Waals surface area contributed by atoms with Crippen molar-refractivity contribution < 1.29 is 54.0 Å². The average Bonchev–Trinajstić information content (AvgIpc) is 2.79. The van der Waals surface area contributed by atoms with Crippen LogP contribution in [0.15, 0.2) is 129 Å². The van der Waals surface area contributed by atoms with Gasteiger partial charge in [0.05, 0.1) is 21.7 Å². The first-order valence-electron chi connectivity index (χ1n) is 27.6. The highest BCUT2D eigenvalue weighted by molar-refractivity contribution is 7.99. The summed E-state index contributed by atoms with van der Waals surface area (Å²) in [5.41, 5.74) is -0.488. The van der Waals surface area contributed by atoms with Crippen LogP contribution in [-0.2, 0) is 29.4 Å². The monoisotopic (exact) mass is 1190 g/mol. The van der Waals surface area contributed by atoms with Crippen molar-refractivity contribution in [3.8, 4) is 0 Å². The Bertz CT molecular complexity index is 3330. The number of alkyl halides is 3. The fourth-order valence-electron chi connectivity index (χ4n) is 10.8. The smallest absolute Gasteiger partial charge is 0.384 e.